The van der Waals surface area contributed by atoms with Gasteiger partial charge in [0.2, 0.25) is 10.0 Å². The minimum Gasteiger partial charge on any atom is -0.443 e. The average molecular weight is 319 g/mol. The Labute approximate surface area is 122 Å². The zero-order chi connectivity index (χ0) is 14.8. The van der Waals surface area contributed by atoms with E-state index in [4.69, 9.17) is 16.3 Å². The zero-order valence-electron chi connectivity index (χ0n) is 10.9. The van der Waals surface area contributed by atoms with Crippen molar-refractivity contribution in [3.8, 4) is 0 Å². The van der Waals surface area contributed by atoms with Crippen LogP contribution < -0.4 is 9.62 Å². The molecule has 0 aliphatic carbocycles. The fraction of sp³-hybridized carbons (Fsp3) is 0.417. The number of nitrogens with one attached hydrogen (secondary N) is 1. The quantitative estimate of drug-likeness (QED) is 0.895. The van der Waals surface area contributed by atoms with Crippen molar-refractivity contribution in [1.29, 1.82) is 0 Å². The molecular weight excluding hydrogens is 304 g/mol. The lowest BCUT2D eigenvalue weighted by Gasteiger charge is -2.13. The van der Waals surface area contributed by atoms with E-state index in [2.05, 4.69) is 4.72 Å². The number of hydrogen-bond donors (Lipinski definition) is 1. The molecular formula is C12H15ClN2O4S. The Kier molecular flexibility index (Phi) is 4.52. The van der Waals surface area contributed by atoms with Crippen LogP contribution in [0.5, 0.6) is 0 Å². The molecule has 1 aromatic rings. The third kappa shape index (κ3) is 3.62. The van der Waals surface area contributed by atoms with Gasteiger partial charge in [-0.1, -0.05) is 11.6 Å². The number of carbonyl (C=O) groups excluding carboxylic acids is 1. The molecule has 8 heteroatoms. The molecule has 1 heterocycles. The molecule has 0 spiro atoms. The van der Waals surface area contributed by atoms with Crippen molar-refractivity contribution in [1.82, 2.24) is 4.72 Å². The standard InChI is InChI=1S/C12H15ClN2O4S/c1-2-20(17,18)14-7-11-8-15(12(16)19-11)10-5-3-9(13)4-6-10/h3-6,11,14H,2,7-8H2,1H3. The molecule has 1 saturated heterocycles. The maximum atomic E-state index is 11.8. The molecule has 110 valence electrons. The monoisotopic (exact) mass is 318 g/mol. The molecule has 6 nitrogen and oxygen atoms in total. The molecule has 1 atom stereocenters. The summed E-state index contributed by atoms with van der Waals surface area (Å²) in [6, 6.07) is 6.78. The second-order valence-electron chi connectivity index (χ2n) is 4.34. The van der Waals surface area contributed by atoms with Crippen LogP contribution in [0.25, 0.3) is 0 Å². The summed E-state index contributed by atoms with van der Waals surface area (Å²) in [5.41, 5.74) is 0.667. The van der Waals surface area contributed by atoms with E-state index in [-0.39, 0.29) is 12.3 Å². The van der Waals surface area contributed by atoms with Crippen LogP contribution in [0.4, 0.5) is 10.5 Å². The molecule has 1 fully saturated rings. The molecule has 1 unspecified atom stereocenters. The Morgan fingerprint density at radius 2 is 2.05 bits per heavy atom. The van der Waals surface area contributed by atoms with Crippen molar-refractivity contribution < 1.29 is 17.9 Å². The molecule has 0 bridgehead atoms. The van der Waals surface area contributed by atoms with E-state index < -0.39 is 22.2 Å². The number of ether oxygens (including phenoxy) is 1. The minimum absolute atomic E-state index is 0.00539. The van der Waals surface area contributed by atoms with Crippen LogP contribution in [0.2, 0.25) is 5.02 Å². The first-order valence-corrected chi connectivity index (χ1v) is 8.15. The number of anilines is 1. The van der Waals surface area contributed by atoms with Crippen molar-refractivity contribution in [3.05, 3.63) is 29.3 Å². The average Bonchev–Trinajstić information content (AvgIpc) is 2.79. The van der Waals surface area contributed by atoms with Crippen molar-refractivity contribution in [3.63, 3.8) is 0 Å². The maximum absolute atomic E-state index is 11.8. The summed E-state index contributed by atoms with van der Waals surface area (Å²) in [5, 5.41) is 0.577. The first kappa shape index (κ1) is 15.1. The Morgan fingerprint density at radius 3 is 2.65 bits per heavy atom. The van der Waals surface area contributed by atoms with Gasteiger partial charge in [0.05, 0.1) is 12.3 Å². The van der Waals surface area contributed by atoms with Crippen LogP contribution in [0.1, 0.15) is 6.92 Å². The SMILES string of the molecule is CCS(=O)(=O)NCC1CN(c2ccc(Cl)cc2)C(=O)O1. The number of hydrogen-bond acceptors (Lipinski definition) is 4. The Hall–Kier alpha value is -1.31. The van der Waals surface area contributed by atoms with Gasteiger partial charge in [-0.25, -0.2) is 17.9 Å². The molecule has 20 heavy (non-hydrogen) atoms. The second kappa shape index (κ2) is 5.99. The van der Waals surface area contributed by atoms with E-state index in [1.54, 1.807) is 31.2 Å². The van der Waals surface area contributed by atoms with E-state index in [9.17, 15) is 13.2 Å². The Morgan fingerprint density at radius 1 is 1.40 bits per heavy atom. The molecule has 1 aliphatic rings. The van der Waals surface area contributed by atoms with Crippen LogP contribution >= 0.6 is 11.6 Å². The highest BCUT2D eigenvalue weighted by atomic mass is 35.5. The van der Waals surface area contributed by atoms with Crippen molar-refractivity contribution in [2.24, 2.45) is 0 Å². The van der Waals surface area contributed by atoms with Crippen molar-refractivity contribution in [2.75, 3.05) is 23.7 Å². The van der Waals surface area contributed by atoms with Crippen LogP contribution in [0, 0.1) is 0 Å². The topological polar surface area (TPSA) is 75.7 Å². The van der Waals surface area contributed by atoms with Gasteiger partial charge < -0.3 is 4.74 Å². The van der Waals surface area contributed by atoms with Gasteiger partial charge in [-0.2, -0.15) is 0 Å². The fourth-order valence-corrected chi connectivity index (χ4v) is 2.55. The summed E-state index contributed by atoms with van der Waals surface area (Å²) in [7, 11) is -3.29. The smallest absolute Gasteiger partial charge is 0.414 e. The number of sulfonamides is 1. The predicted octanol–water partition coefficient (Wildman–Crippen LogP) is 1.60. The summed E-state index contributed by atoms with van der Waals surface area (Å²) >= 11 is 5.79. The predicted molar refractivity (Wildman–Crippen MR) is 76.5 cm³/mol. The number of carbonyl (C=O) groups is 1. The molecule has 1 N–H and O–H groups in total. The lowest BCUT2D eigenvalue weighted by molar-refractivity contribution is 0.143. The van der Waals surface area contributed by atoms with Gasteiger partial charge >= 0.3 is 6.09 Å². The first-order valence-electron chi connectivity index (χ1n) is 6.12. The van der Waals surface area contributed by atoms with E-state index >= 15 is 0 Å². The minimum atomic E-state index is -3.29. The number of nitrogens with zero attached hydrogens (tertiary/aromatic N) is 1. The molecule has 1 aliphatic heterocycles. The summed E-state index contributed by atoms with van der Waals surface area (Å²) in [6.45, 7) is 1.92. The van der Waals surface area contributed by atoms with Gasteiger partial charge in [0, 0.05) is 17.3 Å². The molecule has 2 rings (SSSR count). The lowest BCUT2D eigenvalue weighted by Crippen LogP contribution is -2.35. The Bertz CT molecular complexity index is 588. The van der Waals surface area contributed by atoms with Gasteiger partial charge in [-0.3, -0.25) is 4.90 Å². The van der Waals surface area contributed by atoms with Gasteiger partial charge in [0.15, 0.2) is 0 Å². The van der Waals surface area contributed by atoms with Gasteiger partial charge in [0.25, 0.3) is 0 Å². The molecule has 0 radical (unpaired) electrons. The first-order chi connectivity index (χ1) is 9.41. The number of benzene rings is 1. The van der Waals surface area contributed by atoms with Crippen LogP contribution in [0.15, 0.2) is 24.3 Å². The van der Waals surface area contributed by atoms with E-state index in [1.165, 1.54) is 4.90 Å². The van der Waals surface area contributed by atoms with Gasteiger partial charge in [-0.05, 0) is 31.2 Å². The number of cyclic esters (lactones) is 1. The third-order valence-electron chi connectivity index (χ3n) is 2.92. The highest BCUT2D eigenvalue weighted by Gasteiger charge is 2.32. The summed E-state index contributed by atoms with van der Waals surface area (Å²) in [4.78, 5) is 13.2. The number of halogens is 1. The fourth-order valence-electron chi connectivity index (χ4n) is 1.78. The summed E-state index contributed by atoms with van der Waals surface area (Å²) in [6.07, 6.45) is -0.993. The van der Waals surface area contributed by atoms with Gasteiger partial charge in [0.1, 0.15) is 6.10 Å². The van der Waals surface area contributed by atoms with Crippen LogP contribution in [0.3, 0.4) is 0 Å². The Balaban J connectivity index is 1.99. The van der Waals surface area contributed by atoms with Gasteiger partial charge in [-0.15, -0.1) is 0 Å². The second-order valence-corrected chi connectivity index (χ2v) is 6.88. The summed E-state index contributed by atoms with van der Waals surface area (Å²) < 4.78 is 30.2. The largest absolute Gasteiger partial charge is 0.443 e. The lowest BCUT2D eigenvalue weighted by atomic mass is 10.3. The normalized spacial score (nSPS) is 19.2. The molecule has 1 amide bonds. The summed E-state index contributed by atoms with van der Waals surface area (Å²) in [5.74, 6) is -0.00539. The molecule has 0 saturated carbocycles. The van der Waals surface area contributed by atoms with Crippen molar-refractivity contribution >= 4 is 33.4 Å². The van der Waals surface area contributed by atoms with Crippen LogP contribution in [-0.2, 0) is 14.8 Å². The molecule has 0 aromatic heterocycles. The van der Waals surface area contributed by atoms with E-state index in [1.807, 2.05) is 0 Å². The highest BCUT2D eigenvalue weighted by molar-refractivity contribution is 7.89. The zero-order valence-corrected chi connectivity index (χ0v) is 12.4. The van der Waals surface area contributed by atoms with E-state index in [0.29, 0.717) is 17.3 Å². The van der Waals surface area contributed by atoms with E-state index in [0.717, 1.165) is 0 Å². The highest BCUT2D eigenvalue weighted by Crippen LogP contribution is 2.23. The third-order valence-corrected chi connectivity index (χ3v) is 4.54. The number of rotatable bonds is 5. The molecule has 1 aromatic carbocycles. The van der Waals surface area contributed by atoms with Crippen molar-refractivity contribution in [2.45, 2.75) is 13.0 Å². The van der Waals surface area contributed by atoms with Crippen LogP contribution in [-0.4, -0.2) is 39.5 Å². The number of amides is 1. The maximum Gasteiger partial charge on any atom is 0.414 e.